The molecule has 130 valence electrons. The predicted molar refractivity (Wildman–Crippen MR) is 99.1 cm³/mol. The number of nitriles is 1. The second-order valence-corrected chi connectivity index (χ2v) is 6.86. The van der Waals surface area contributed by atoms with E-state index in [1.54, 1.807) is 12.4 Å². The Balaban J connectivity index is 1.72. The van der Waals surface area contributed by atoms with Gasteiger partial charge in [0.05, 0.1) is 23.0 Å². The zero-order valence-electron chi connectivity index (χ0n) is 14.7. The van der Waals surface area contributed by atoms with Crippen LogP contribution in [0.5, 0.6) is 0 Å². The van der Waals surface area contributed by atoms with Crippen LogP contribution < -0.4 is 9.80 Å². The van der Waals surface area contributed by atoms with E-state index in [-0.39, 0.29) is 0 Å². The fourth-order valence-electron chi connectivity index (χ4n) is 3.30. The van der Waals surface area contributed by atoms with Gasteiger partial charge in [-0.05, 0) is 38.3 Å². The molecule has 0 radical (unpaired) electrons. The van der Waals surface area contributed by atoms with E-state index in [0.717, 1.165) is 43.0 Å². The Labute approximate surface area is 153 Å². The minimum atomic E-state index is 0.355. The van der Waals surface area contributed by atoms with E-state index in [0.29, 0.717) is 22.6 Å². The fourth-order valence-corrected chi connectivity index (χ4v) is 3.40. The van der Waals surface area contributed by atoms with E-state index in [1.165, 1.54) is 0 Å². The number of hydrogen-bond donors (Lipinski definition) is 0. The standard InChI is InChI=1S/C18H21ClN6/c1-12-8-13(2)23-17(16(12)9-20)25-6-4-15(5-7-25)24(3)18-21-10-14(19)11-22-18/h8,10-11,15H,4-7H2,1-3H3. The van der Waals surface area contributed by atoms with Crippen LogP contribution in [-0.4, -0.2) is 41.1 Å². The molecule has 2 aromatic rings. The van der Waals surface area contributed by atoms with Crippen molar-refractivity contribution < 1.29 is 0 Å². The highest BCUT2D eigenvalue weighted by Crippen LogP contribution is 2.27. The molecule has 2 aromatic heterocycles. The Kier molecular flexibility index (Phi) is 5.05. The summed E-state index contributed by atoms with van der Waals surface area (Å²) in [7, 11) is 2.01. The maximum Gasteiger partial charge on any atom is 0.225 e. The number of rotatable bonds is 3. The van der Waals surface area contributed by atoms with E-state index >= 15 is 0 Å². The molecule has 1 saturated heterocycles. The monoisotopic (exact) mass is 356 g/mol. The fraction of sp³-hybridized carbons (Fsp3) is 0.444. The molecule has 0 bridgehead atoms. The number of aryl methyl sites for hydroxylation is 2. The first-order valence-corrected chi connectivity index (χ1v) is 8.71. The third-order valence-electron chi connectivity index (χ3n) is 4.67. The van der Waals surface area contributed by atoms with Crippen LogP contribution in [0, 0.1) is 25.2 Å². The van der Waals surface area contributed by atoms with Gasteiger partial charge >= 0.3 is 0 Å². The molecule has 1 aliphatic rings. The van der Waals surface area contributed by atoms with Crippen LogP contribution in [0.2, 0.25) is 5.02 Å². The lowest BCUT2D eigenvalue weighted by atomic mass is 10.0. The first-order valence-electron chi connectivity index (χ1n) is 8.33. The first-order chi connectivity index (χ1) is 12.0. The molecule has 1 aliphatic heterocycles. The highest BCUT2D eigenvalue weighted by Gasteiger charge is 2.26. The molecule has 3 rings (SSSR count). The number of hydrogen-bond acceptors (Lipinski definition) is 6. The number of piperidine rings is 1. The Morgan fingerprint density at radius 2 is 1.88 bits per heavy atom. The van der Waals surface area contributed by atoms with Crippen molar-refractivity contribution in [2.24, 2.45) is 0 Å². The summed E-state index contributed by atoms with van der Waals surface area (Å²) in [5, 5.41) is 10.0. The lowest BCUT2D eigenvalue weighted by Crippen LogP contribution is -2.44. The van der Waals surface area contributed by atoms with Crippen molar-refractivity contribution >= 4 is 23.4 Å². The van der Waals surface area contributed by atoms with Crippen molar-refractivity contribution in [2.75, 3.05) is 29.9 Å². The summed E-state index contributed by atoms with van der Waals surface area (Å²) in [6.07, 6.45) is 5.16. The Morgan fingerprint density at radius 3 is 2.48 bits per heavy atom. The van der Waals surface area contributed by atoms with Crippen LogP contribution in [0.25, 0.3) is 0 Å². The summed E-state index contributed by atoms with van der Waals surface area (Å²) < 4.78 is 0. The Bertz CT molecular complexity index is 790. The highest BCUT2D eigenvalue weighted by molar-refractivity contribution is 6.30. The van der Waals surface area contributed by atoms with E-state index < -0.39 is 0 Å². The van der Waals surface area contributed by atoms with Crippen LogP contribution in [-0.2, 0) is 0 Å². The third kappa shape index (κ3) is 3.67. The molecule has 1 fully saturated rings. The van der Waals surface area contributed by atoms with Crippen molar-refractivity contribution in [3.63, 3.8) is 0 Å². The normalized spacial score (nSPS) is 15.1. The maximum absolute atomic E-state index is 9.48. The molecule has 0 aliphatic carbocycles. The minimum Gasteiger partial charge on any atom is -0.355 e. The molecule has 0 spiro atoms. The number of pyridine rings is 1. The molecule has 7 heteroatoms. The average molecular weight is 357 g/mol. The third-order valence-corrected chi connectivity index (χ3v) is 4.87. The van der Waals surface area contributed by atoms with Gasteiger partial charge in [-0.15, -0.1) is 0 Å². The SMILES string of the molecule is Cc1cc(C)c(C#N)c(N2CCC(N(C)c3ncc(Cl)cn3)CC2)n1. The predicted octanol–water partition coefficient (Wildman–Crippen LogP) is 3.12. The van der Waals surface area contributed by atoms with E-state index in [1.807, 2.05) is 27.0 Å². The van der Waals surface area contributed by atoms with Gasteiger partial charge in [-0.1, -0.05) is 11.6 Å². The molecule has 0 N–H and O–H groups in total. The van der Waals surface area contributed by atoms with Gasteiger partial charge in [0.2, 0.25) is 5.95 Å². The van der Waals surface area contributed by atoms with Crippen molar-refractivity contribution in [1.29, 1.82) is 5.26 Å². The second-order valence-electron chi connectivity index (χ2n) is 6.42. The van der Waals surface area contributed by atoms with E-state index in [9.17, 15) is 5.26 Å². The topological polar surface area (TPSA) is 68.9 Å². The van der Waals surface area contributed by atoms with Gasteiger partial charge in [-0.25, -0.2) is 15.0 Å². The molecular formula is C18H21ClN6. The van der Waals surface area contributed by atoms with E-state index in [4.69, 9.17) is 11.6 Å². The minimum absolute atomic E-state index is 0.355. The van der Waals surface area contributed by atoms with Crippen molar-refractivity contribution in [1.82, 2.24) is 15.0 Å². The van der Waals surface area contributed by atoms with Gasteiger partial charge in [0.25, 0.3) is 0 Å². The summed E-state index contributed by atoms with van der Waals surface area (Å²) in [6.45, 7) is 5.64. The van der Waals surface area contributed by atoms with Crippen LogP contribution in [0.15, 0.2) is 18.5 Å². The molecule has 25 heavy (non-hydrogen) atoms. The summed E-state index contributed by atoms with van der Waals surface area (Å²) in [5.74, 6) is 1.49. The molecule has 0 amide bonds. The molecule has 3 heterocycles. The highest BCUT2D eigenvalue weighted by atomic mass is 35.5. The molecular weight excluding hydrogens is 336 g/mol. The zero-order chi connectivity index (χ0) is 18.0. The van der Waals surface area contributed by atoms with Gasteiger partial charge in [-0.3, -0.25) is 0 Å². The van der Waals surface area contributed by atoms with Crippen molar-refractivity contribution in [3.05, 3.63) is 40.3 Å². The van der Waals surface area contributed by atoms with Crippen LogP contribution >= 0.6 is 11.6 Å². The first kappa shape index (κ1) is 17.4. The molecule has 0 saturated carbocycles. The summed E-state index contributed by atoms with van der Waals surface area (Å²) in [4.78, 5) is 17.5. The number of anilines is 2. The van der Waals surface area contributed by atoms with Gasteiger partial charge in [0.1, 0.15) is 11.9 Å². The summed E-state index contributed by atoms with van der Waals surface area (Å²) in [6, 6.07) is 4.62. The largest absolute Gasteiger partial charge is 0.355 e. The van der Waals surface area contributed by atoms with Crippen LogP contribution in [0.4, 0.5) is 11.8 Å². The number of nitrogens with zero attached hydrogens (tertiary/aromatic N) is 6. The molecule has 6 nitrogen and oxygen atoms in total. The van der Waals surface area contributed by atoms with E-state index in [2.05, 4.69) is 30.8 Å². The zero-order valence-corrected chi connectivity index (χ0v) is 15.5. The lowest BCUT2D eigenvalue weighted by Gasteiger charge is -2.37. The Hall–Kier alpha value is -2.39. The molecule has 0 aromatic carbocycles. The molecule has 0 unspecified atom stereocenters. The number of halogens is 1. The van der Waals surface area contributed by atoms with Crippen molar-refractivity contribution in [3.8, 4) is 6.07 Å². The average Bonchev–Trinajstić information content (AvgIpc) is 2.61. The summed E-state index contributed by atoms with van der Waals surface area (Å²) in [5.41, 5.74) is 2.61. The maximum atomic E-state index is 9.48. The second kappa shape index (κ2) is 7.24. The van der Waals surface area contributed by atoms with Gasteiger partial charge in [0.15, 0.2) is 0 Å². The van der Waals surface area contributed by atoms with Gasteiger partial charge in [0, 0.05) is 31.9 Å². The van der Waals surface area contributed by atoms with Gasteiger partial charge < -0.3 is 9.80 Å². The quantitative estimate of drug-likeness (QED) is 0.841. The molecule has 0 atom stereocenters. The van der Waals surface area contributed by atoms with Crippen LogP contribution in [0.1, 0.15) is 29.7 Å². The Morgan fingerprint density at radius 1 is 1.24 bits per heavy atom. The van der Waals surface area contributed by atoms with Gasteiger partial charge in [-0.2, -0.15) is 5.26 Å². The lowest BCUT2D eigenvalue weighted by molar-refractivity contribution is 0.475. The van der Waals surface area contributed by atoms with Crippen molar-refractivity contribution in [2.45, 2.75) is 32.7 Å². The smallest absolute Gasteiger partial charge is 0.225 e. The van der Waals surface area contributed by atoms with Crippen LogP contribution in [0.3, 0.4) is 0 Å². The number of aromatic nitrogens is 3. The summed E-state index contributed by atoms with van der Waals surface area (Å²) >= 11 is 5.86.